The van der Waals surface area contributed by atoms with Gasteiger partial charge in [0.25, 0.3) is 0 Å². The van der Waals surface area contributed by atoms with E-state index in [0.29, 0.717) is 18.6 Å². The molecule has 3 heterocycles. The quantitative estimate of drug-likeness (QED) is 0.586. The van der Waals surface area contributed by atoms with Gasteiger partial charge in [0.15, 0.2) is 5.79 Å². The van der Waals surface area contributed by atoms with E-state index in [1.54, 1.807) is 0 Å². The molecule has 0 aromatic carbocycles. The van der Waals surface area contributed by atoms with Gasteiger partial charge in [-0.05, 0) is 13.8 Å². The summed E-state index contributed by atoms with van der Waals surface area (Å²) in [6, 6.07) is 0.262. The summed E-state index contributed by atoms with van der Waals surface area (Å²) in [5.74, 6) is -0.104. The van der Waals surface area contributed by atoms with Crippen molar-refractivity contribution >= 4 is 5.78 Å². The Morgan fingerprint density at radius 2 is 2.20 bits per heavy atom. The van der Waals surface area contributed by atoms with E-state index in [4.69, 9.17) is 9.47 Å². The SMILES string of the molecule is CC1(C)OC2CN3CCC(=O)C[C@H]3C2O1. The molecule has 2 unspecified atom stereocenters. The Kier molecular flexibility index (Phi) is 1.97. The Hall–Kier alpha value is -0.450. The zero-order chi connectivity index (χ0) is 10.6. The minimum absolute atomic E-state index is 0.101. The molecule has 0 spiro atoms. The van der Waals surface area contributed by atoms with Crippen LogP contribution in [0.5, 0.6) is 0 Å². The maximum Gasteiger partial charge on any atom is 0.163 e. The van der Waals surface area contributed by atoms with Gasteiger partial charge in [-0.2, -0.15) is 0 Å². The van der Waals surface area contributed by atoms with Crippen molar-refractivity contribution in [2.45, 2.75) is 50.7 Å². The van der Waals surface area contributed by atoms with E-state index in [0.717, 1.165) is 13.1 Å². The van der Waals surface area contributed by atoms with E-state index in [9.17, 15) is 4.79 Å². The molecule has 0 aliphatic carbocycles. The van der Waals surface area contributed by atoms with Crippen LogP contribution in [-0.2, 0) is 14.3 Å². The summed E-state index contributed by atoms with van der Waals surface area (Å²) >= 11 is 0. The van der Waals surface area contributed by atoms with Crippen LogP contribution in [0.15, 0.2) is 0 Å². The van der Waals surface area contributed by atoms with Crippen molar-refractivity contribution in [1.82, 2.24) is 4.90 Å². The second-order valence-electron chi connectivity index (χ2n) is 5.19. The zero-order valence-electron chi connectivity index (χ0n) is 9.23. The summed E-state index contributed by atoms with van der Waals surface area (Å²) in [6.45, 7) is 5.69. The zero-order valence-corrected chi connectivity index (χ0v) is 9.23. The number of carbonyl (C=O) groups is 1. The maximum absolute atomic E-state index is 11.4. The van der Waals surface area contributed by atoms with Gasteiger partial charge in [-0.25, -0.2) is 0 Å². The van der Waals surface area contributed by atoms with Gasteiger partial charge in [0, 0.05) is 32.0 Å². The first kappa shape index (κ1) is 9.75. The summed E-state index contributed by atoms with van der Waals surface area (Å²) in [5.41, 5.74) is 0. The lowest BCUT2D eigenvalue weighted by Crippen LogP contribution is -2.44. The molecule has 4 nitrogen and oxygen atoms in total. The molecule has 0 aromatic heterocycles. The molecule has 0 bridgehead atoms. The number of piperidine rings is 1. The van der Waals surface area contributed by atoms with Crippen LogP contribution in [-0.4, -0.2) is 47.8 Å². The molecule has 0 saturated carbocycles. The van der Waals surface area contributed by atoms with Crippen LogP contribution >= 0.6 is 0 Å². The molecule has 3 atom stereocenters. The lowest BCUT2D eigenvalue weighted by molar-refractivity contribution is -0.164. The number of hydrogen-bond donors (Lipinski definition) is 0. The third kappa shape index (κ3) is 1.51. The smallest absolute Gasteiger partial charge is 0.163 e. The Morgan fingerprint density at radius 1 is 1.40 bits per heavy atom. The van der Waals surface area contributed by atoms with Crippen LogP contribution in [0, 0.1) is 0 Å². The molecule has 0 amide bonds. The van der Waals surface area contributed by atoms with Gasteiger partial charge in [-0.1, -0.05) is 0 Å². The molecule has 0 radical (unpaired) electrons. The van der Waals surface area contributed by atoms with Crippen molar-refractivity contribution < 1.29 is 14.3 Å². The number of ketones is 1. The molecule has 0 aromatic rings. The largest absolute Gasteiger partial charge is 0.343 e. The highest BCUT2D eigenvalue weighted by Gasteiger charge is 2.53. The number of Topliss-reactive ketones (excluding diaryl/α,β-unsaturated/α-hetero) is 1. The maximum atomic E-state index is 11.4. The number of rotatable bonds is 0. The van der Waals surface area contributed by atoms with Gasteiger partial charge in [-0.3, -0.25) is 9.69 Å². The molecule has 3 rings (SSSR count). The van der Waals surface area contributed by atoms with E-state index >= 15 is 0 Å². The highest BCUT2D eigenvalue weighted by atomic mass is 16.8. The molecular weight excluding hydrogens is 194 g/mol. The van der Waals surface area contributed by atoms with Crippen molar-refractivity contribution in [3.63, 3.8) is 0 Å². The minimum Gasteiger partial charge on any atom is -0.343 e. The first-order chi connectivity index (χ1) is 7.05. The Morgan fingerprint density at radius 3 is 3.00 bits per heavy atom. The fourth-order valence-electron chi connectivity index (χ4n) is 3.01. The van der Waals surface area contributed by atoms with Crippen LogP contribution in [0.25, 0.3) is 0 Å². The van der Waals surface area contributed by atoms with Gasteiger partial charge in [-0.15, -0.1) is 0 Å². The predicted octanol–water partition coefficient (Wildman–Crippen LogP) is 0.554. The standard InChI is InChI=1S/C11H17NO3/c1-11(2)14-9-6-12-4-3-7(13)5-8(12)10(9)15-11/h8-10H,3-6H2,1-2H3/t8-,9?,10?/m0/s1. The molecule has 4 heteroatoms. The van der Waals surface area contributed by atoms with Crippen LogP contribution in [0.2, 0.25) is 0 Å². The van der Waals surface area contributed by atoms with Gasteiger partial charge < -0.3 is 9.47 Å². The van der Waals surface area contributed by atoms with Gasteiger partial charge in [0.05, 0.1) is 0 Å². The van der Waals surface area contributed by atoms with E-state index in [-0.39, 0.29) is 18.2 Å². The van der Waals surface area contributed by atoms with Gasteiger partial charge >= 0.3 is 0 Å². The first-order valence-corrected chi connectivity index (χ1v) is 5.66. The first-order valence-electron chi connectivity index (χ1n) is 5.66. The highest BCUT2D eigenvalue weighted by molar-refractivity contribution is 5.80. The van der Waals surface area contributed by atoms with Crippen molar-refractivity contribution in [3.05, 3.63) is 0 Å². The molecule has 15 heavy (non-hydrogen) atoms. The fourth-order valence-corrected chi connectivity index (χ4v) is 3.01. The van der Waals surface area contributed by atoms with Crippen molar-refractivity contribution in [3.8, 4) is 0 Å². The number of ether oxygens (including phenoxy) is 2. The van der Waals surface area contributed by atoms with E-state index in [2.05, 4.69) is 4.90 Å². The average molecular weight is 211 g/mol. The molecular formula is C11H17NO3. The van der Waals surface area contributed by atoms with Crippen molar-refractivity contribution in [2.24, 2.45) is 0 Å². The van der Waals surface area contributed by atoms with E-state index < -0.39 is 5.79 Å². The lowest BCUT2D eigenvalue weighted by Gasteiger charge is -2.32. The van der Waals surface area contributed by atoms with Crippen LogP contribution < -0.4 is 0 Å². The second kappa shape index (κ2) is 3.03. The Balaban J connectivity index is 1.79. The minimum atomic E-state index is -0.470. The Bertz CT molecular complexity index is 302. The summed E-state index contributed by atoms with van der Waals surface area (Å²) in [6.07, 6.45) is 1.60. The monoisotopic (exact) mass is 211 g/mol. The summed E-state index contributed by atoms with van der Waals surface area (Å²) in [7, 11) is 0. The van der Waals surface area contributed by atoms with Crippen molar-refractivity contribution in [1.29, 1.82) is 0 Å². The third-order valence-corrected chi connectivity index (χ3v) is 3.60. The molecule has 3 aliphatic rings. The number of carbonyl (C=O) groups excluding carboxylic acids is 1. The Labute approximate surface area is 89.5 Å². The second-order valence-corrected chi connectivity index (χ2v) is 5.19. The van der Waals surface area contributed by atoms with Gasteiger partial charge in [0.1, 0.15) is 18.0 Å². The summed E-state index contributed by atoms with van der Waals surface area (Å²) in [4.78, 5) is 13.8. The molecule has 3 saturated heterocycles. The van der Waals surface area contributed by atoms with Crippen LogP contribution in [0.1, 0.15) is 26.7 Å². The molecule has 84 valence electrons. The van der Waals surface area contributed by atoms with E-state index in [1.807, 2.05) is 13.8 Å². The van der Waals surface area contributed by atoms with Crippen LogP contribution in [0.4, 0.5) is 0 Å². The predicted molar refractivity (Wildman–Crippen MR) is 53.4 cm³/mol. The topological polar surface area (TPSA) is 38.8 Å². The highest BCUT2D eigenvalue weighted by Crippen LogP contribution is 2.39. The van der Waals surface area contributed by atoms with Crippen LogP contribution in [0.3, 0.4) is 0 Å². The summed E-state index contributed by atoms with van der Waals surface area (Å²) in [5, 5.41) is 0. The summed E-state index contributed by atoms with van der Waals surface area (Å²) < 4.78 is 11.7. The third-order valence-electron chi connectivity index (χ3n) is 3.60. The molecule has 3 aliphatic heterocycles. The molecule has 0 N–H and O–H groups in total. The normalized spacial score (nSPS) is 44.1. The fraction of sp³-hybridized carbons (Fsp3) is 0.909. The average Bonchev–Trinajstić information content (AvgIpc) is 2.58. The number of hydrogen-bond acceptors (Lipinski definition) is 4. The number of nitrogens with zero attached hydrogens (tertiary/aromatic N) is 1. The molecule has 3 fully saturated rings. The number of fused-ring (bicyclic) bond motifs is 3. The van der Waals surface area contributed by atoms with Crippen molar-refractivity contribution in [2.75, 3.05) is 13.1 Å². The van der Waals surface area contributed by atoms with Gasteiger partial charge in [0.2, 0.25) is 0 Å². The van der Waals surface area contributed by atoms with E-state index in [1.165, 1.54) is 0 Å². The lowest BCUT2D eigenvalue weighted by atomic mass is 9.99.